The van der Waals surface area contributed by atoms with E-state index in [2.05, 4.69) is 27.6 Å². The van der Waals surface area contributed by atoms with Gasteiger partial charge in [-0.05, 0) is 70.9 Å². The van der Waals surface area contributed by atoms with Gasteiger partial charge in [-0.25, -0.2) is 4.68 Å². The van der Waals surface area contributed by atoms with E-state index in [4.69, 9.17) is 14.8 Å². The monoisotopic (exact) mass is 453 g/mol. The molecule has 3 aromatic rings. The van der Waals surface area contributed by atoms with Gasteiger partial charge in [0.15, 0.2) is 5.65 Å². The Morgan fingerprint density at radius 1 is 1.18 bits per heavy atom. The summed E-state index contributed by atoms with van der Waals surface area (Å²) in [5.74, 6) is 1.70. The predicted octanol–water partition coefficient (Wildman–Crippen LogP) is 3.85. The zero-order chi connectivity index (χ0) is 22.8. The minimum atomic E-state index is -0.237. The number of piperidine rings is 1. The molecule has 1 saturated heterocycles. The molecule has 2 N–H and O–H groups in total. The summed E-state index contributed by atoms with van der Waals surface area (Å²) in [6.07, 6.45) is 10.9. The van der Waals surface area contributed by atoms with Crippen molar-refractivity contribution in [2.24, 2.45) is 0 Å². The van der Waals surface area contributed by atoms with Crippen LogP contribution in [0.1, 0.15) is 65.0 Å². The lowest BCUT2D eigenvalue weighted by molar-refractivity contribution is 0.0160. The minimum absolute atomic E-state index is 0.112. The van der Waals surface area contributed by atoms with Gasteiger partial charge < -0.3 is 20.1 Å². The average molecular weight is 454 g/mol. The molecule has 1 aliphatic carbocycles. The lowest BCUT2D eigenvalue weighted by Crippen LogP contribution is -2.32. The molecule has 4 heterocycles. The summed E-state index contributed by atoms with van der Waals surface area (Å²) >= 11 is 0. The van der Waals surface area contributed by atoms with E-state index in [0.717, 1.165) is 61.4 Å². The molecular weight excluding hydrogens is 418 g/mol. The summed E-state index contributed by atoms with van der Waals surface area (Å²) in [5, 5.41) is 23.0. The maximum Gasteiger partial charge on any atom is 0.243 e. The van der Waals surface area contributed by atoms with E-state index in [1.54, 1.807) is 0 Å². The van der Waals surface area contributed by atoms with E-state index in [1.807, 2.05) is 35.3 Å². The van der Waals surface area contributed by atoms with Gasteiger partial charge in [0.05, 0.1) is 12.3 Å². The van der Waals surface area contributed by atoms with Crippen LogP contribution in [0, 0.1) is 0 Å². The van der Waals surface area contributed by atoms with Gasteiger partial charge >= 0.3 is 0 Å². The van der Waals surface area contributed by atoms with Crippen LogP contribution in [0.15, 0.2) is 24.5 Å². The van der Waals surface area contributed by atoms with Crippen molar-refractivity contribution < 1.29 is 9.84 Å². The average Bonchev–Trinajstić information content (AvgIpc) is 3.46. The van der Waals surface area contributed by atoms with Gasteiger partial charge in [0.1, 0.15) is 12.0 Å². The normalized spacial score (nSPS) is 22.6. The molecule has 3 atom stereocenters. The van der Waals surface area contributed by atoms with E-state index < -0.39 is 0 Å². The van der Waals surface area contributed by atoms with Crippen molar-refractivity contribution in [1.82, 2.24) is 24.4 Å². The number of hydrogen-bond donors (Lipinski definition) is 2. The van der Waals surface area contributed by atoms with Gasteiger partial charge in [-0.3, -0.25) is 0 Å². The topological polar surface area (TPSA) is 92.7 Å². The Hall–Kier alpha value is -2.65. The predicted molar refractivity (Wildman–Crippen MR) is 128 cm³/mol. The van der Waals surface area contributed by atoms with Gasteiger partial charge in [-0.2, -0.15) is 14.6 Å². The van der Waals surface area contributed by atoms with Crippen molar-refractivity contribution in [2.45, 2.75) is 77.2 Å². The Morgan fingerprint density at radius 3 is 2.82 bits per heavy atom. The highest BCUT2D eigenvalue weighted by Crippen LogP contribution is 2.34. The summed E-state index contributed by atoms with van der Waals surface area (Å²) in [5.41, 5.74) is 2.97. The molecule has 1 aliphatic heterocycles. The first kappa shape index (κ1) is 22.2. The molecule has 0 bridgehead atoms. The molecule has 0 radical (unpaired) electrons. The van der Waals surface area contributed by atoms with Crippen LogP contribution < -0.4 is 10.2 Å². The minimum Gasteiger partial charge on any atom is -0.393 e. The number of fused-ring (bicyclic) bond motifs is 1. The molecule has 2 aliphatic rings. The number of pyridine rings is 1. The highest BCUT2D eigenvalue weighted by atomic mass is 16.5. The number of aromatic nitrogens is 5. The van der Waals surface area contributed by atoms with Crippen LogP contribution in [0.25, 0.3) is 16.8 Å². The second-order valence-electron chi connectivity index (χ2n) is 9.25. The van der Waals surface area contributed by atoms with Crippen LogP contribution in [-0.4, -0.2) is 61.3 Å². The van der Waals surface area contributed by atoms with E-state index in [0.29, 0.717) is 12.6 Å². The molecule has 178 valence electrons. The van der Waals surface area contributed by atoms with Gasteiger partial charge in [-0.1, -0.05) is 0 Å². The fourth-order valence-corrected chi connectivity index (χ4v) is 5.10. The highest BCUT2D eigenvalue weighted by molar-refractivity contribution is 5.78. The van der Waals surface area contributed by atoms with Crippen molar-refractivity contribution in [3.05, 3.63) is 24.5 Å². The fraction of sp³-hybridized carbons (Fsp3) is 0.625. The largest absolute Gasteiger partial charge is 0.393 e. The number of nitrogens with zero attached hydrogens (tertiary/aromatic N) is 6. The fourth-order valence-electron chi connectivity index (χ4n) is 5.10. The molecule has 33 heavy (non-hydrogen) atoms. The van der Waals surface area contributed by atoms with Crippen molar-refractivity contribution >= 4 is 17.4 Å². The zero-order valence-electron chi connectivity index (χ0n) is 19.7. The Bertz CT molecular complexity index is 1070. The maximum absolute atomic E-state index is 10.0. The van der Waals surface area contributed by atoms with Crippen molar-refractivity contribution in [2.75, 3.05) is 29.9 Å². The second kappa shape index (κ2) is 9.69. The second-order valence-corrected chi connectivity index (χ2v) is 9.25. The van der Waals surface area contributed by atoms with Crippen LogP contribution in [0.5, 0.6) is 0 Å². The Labute approximate surface area is 194 Å². The SMILES string of the molecule is CCOC(C)n1cc(-c2ccc3nc(NC4CCC[C@H](O)C4)nn3c2N2CCCCC2)cn1. The van der Waals surface area contributed by atoms with Crippen molar-refractivity contribution in [1.29, 1.82) is 0 Å². The van der Waals surface area contributed by atoms with Crippen molar-refractivity contribution in [3.8, 4) is 11.1 Å². The van der Waals surface area contributed by atoms with Gasteiger partial charge in [0, 0.05) is 43.1 Å². The molecule has 0 amide bonds. The van der Waals surface area contributed by atoms with Crippen LogP contribution in [0.4, 0.5) is 11.8 Å². The van der Waals surface area contributed by atoms with E-state index in [1.165, 1.54) is 19.3 Å². The number of aliphatic hydroxyl groups is 1. The molecule has 2 fully saturated rings. The first-order chi connectivity index (χ1) is 16.1. The summed E-state index contributed by atoms with van der Waals surface area (Å²) in [7, 11) is 0. The van der Waals surface area contributed by atoms with Gasteiger partial charge in [0.2, 0.25) is 5.95 Å². The molecule has 1 saturated carbocycles. The van der Waals surface area contributed by atoms with Gasteiger partial charge in [-0.15, -0.1) is 5.10 Å². The van der Waals surface area contributed by atoms with Gasteiger partial charge in [0.25, 0.3) is 0 Å². The molecular formula is C24H35N7O2. The van der Waals surface area contributed by atoms with E-state index in [9.17, 15) is 5.11 Å². The number of ether oxygens (including phenoxy) is 1. The number of hydrogen-bond acceptors (Lipinski definition) is 7. The van der Waals surface area contributed by atoms with Crippen LogP contribution in [0.2, 0.25) is 0 Å². The molecule has 0 aromatic carbocycles. The Balaban J connectivity index is 1.52. The molecule has 2 unspecified atom stereocenters. The first-order valence-electron chi connectivity index (χ1n) is 12.4. The number of aliphatic hydroxyl groups excluding tert-OH is 1. The maximum atomic E-state index is 10.0. The lowest BCUT2D eigenvalue weighted by atomic mass is 9.93. The van der Waals surface area contributed by atoms with Crippen molar-refractivity contribution in [3.63, 3.8) is 0 Å². The summed E-state index contributed by atoms with van der Waals surface area (Å²) < 4.78 is 9.56. The van der Waals surface area contributed by atoms with Crippen LogP contribution in [0.3, 0.4) is 0 Å². The molecule has 3 aromatic heterocycles. The molecule has 9 heteroatoms. The van der Waals surface area contributed by atoms with E-state index >= 15 is 0 Å². The summed E-state index contributed by atoms with van der Waals surface area (Å²) in [4.78, 5) is 7.20. The van der Waals surface area contributed by atoms with Crippen LogP contribution >= 0.6 is 0 Å². The molecule has 5 rings (SSSR count). The van der Waals surface area contributed by atoms with Crippen LogP contribution in [-0.2, 0) is 4.74 Å². The smallest absolute Gasteiger partial charge is 0.243 e. The number of rotatable bonds is 7. The third-order valence-corrected chi connectivity index (χ3v) is 6.80. The summed E-state index contributed by atoms with van der Waals surface area (Å²) in [6.45, 7) is 6.66. The zero-order valence-corrected chi connectivity index (χ0v) is 19.7. The number of anilines is 2. The standard InChI is InChI=1S/C24H35N7O2/c1-3-33-17(2)30-16-18(15-25-30)21-10-11-22-27-24(26-19-8-7-9-20(32)14-19)28-31(22)23(21)29-12-5-4-6-13-29/h10-11,15-17,19-20,32H,3-9,12-14H2,1-2H3,(H,26,28)/t17?,19?,20-/m0/s1. The Kier molecular flexibility index (Phi) is 6.50. The highest BCUT2D eigenvalue weighted by Gasteiger charge is 2.24. The number of nitrogens with one attached hydrogen (secondary N) is 1. The quantitative estimate of drug-likeness (QED) is 0.561. The third-order valence-electron chi connectivity index (χ3n) is 6.80. The lowest BCUT2D eigenvalue weighted by Gasteiger charge is -2.30. The molecule has 9 nitrogen and oxygen atoms in total. The molecule has 0 spiro atoms. The van der Waals surface area contributed by atoms with E-state index in [-0.39, 0.29) is 18.4 Å². The third kappa shape index (κ3) is 4.70. The summed E-state index contributed by atoms with van der Waals surface area (Å²) in [6, 6.07) is 4.37. The Morgan fingerprint density at radius 2 is 2.03 bits per heavy atom. The first-order valence-corrected chi connectivity index (χ1v) is 12.4.